The molecule has 1 aromatic rings. The highest BCUT2D eigenvalue weighted by Gasteiger charge is 2.30. The number of benzene rings is 1. The minimum absolute atomic E-state index is 0.561. The first-order valence-corrected chi connectivity index (χ1v) is 9.71. The van der Waals surface area contributed by atoms with Gasteiger partial charge in [-0.3, -0.25) is 9.89 Å². The molecule has 1 unspecified atom stereocenters. The normalized spacial score (nSPS) is 21.4. The van der Waals surface area contributed by atoms with E-state index >= 15 is 0 Å². The Labute approximate surface area is 157 Å². The molecule has 2 saturated heterocycles. The van der Waals surface area contributed by atoms with Gasteiger partial charge in [-0.05, 0) is 38.4 Å². The minimum Gasteiger partial charge on any atom is -0.496 e. The Kier molecular flexibility index (Phi) is 7.14. The van der Waals surface area contributed by atoms with Crippen LogP contribution in [0.4, 0.5) is 0 Å². The molecule has 2 heterocycles. The molecule has 6 nitrogen and oxygen atoms in total. The molecule has 0 saturated carbocycles. The Morgan fingerprint density at radius 3 is 2.81 bits per heavy atom. The van der Waals surface area contributed by atoms with Crippen molar-refractivity contribution in [3.05, 3.63) is 29.8 Å². The Morgan fingerprint density at radius 2 is 2.04 bits per heavy atom. The minimum atomic E-state index is 0.561. The van der Waals surface area contributed by atoms with Crippen LogP contribution in [0.25, 0.3) is 0 Å². The molecular formula is C20H32N4O2. The number of aliphatic imine (C=N–C) groups is 1. The van der Waals surface area contributed by atoms with Crippen molar-refractivity contribution in [2.75, 3.05) is 53.5 Å². The fourth-order valence-corrected chi connectivity index (χ4v) is 3.91. The lowest BCUT2D eigenvalue weighted by Gasteiger charge is -2.25. The number of hydrogen-bond donors (Lipinski definition) is 1. The second-order valence-electron chi connectivity index (χ2n) is 6.97. The standard InChI is InChI=1S/C20H32N4O2/c1-21-20(24-13-9-18(15-24)23-11-5-6-12-23)22-10-14-26-16-17-7-3-4-8-19(17)25-2/h3-4,7-8,18H,5-6,9-16H2,1-2H3,(H,21,22). The maximum atomic E-state index is 5.80. The van der Waals surface area contributed by atoms with Gasteiger partial charge < -0.3 is 19.7 Å². The Hall–Kier alpha value is -1.79. The van der Waals surface area contributed by atoms with Gasteiger partial charge in [-0.1, -0.05) is 18.2 Å². The Morgan fingerprint density at radius 1 is 1.23 bits per heavy atom. The molecule has 0 amide bonds. The number of rotatable bonds is 7. The van der Waals surface area contributed by atoms with E-state index in [4.69, 9.17) is 9.47 Å². The van der Waals surface area contributed by atoms with Crippen molar-refractivity contribution in [3.8, 4) is 5.75 Å². The van der Waals surface area contributed by atoms with Gasteiger partial charge in [0.2, 0.25) is 0 Å². The van der Waals surface area contributed by atoms with Crippen LogP contribution in [-0.4, -0.2) is 75.3 Å². The summed E-state index contributed by atoms with van der Waals surface area (Å²) in [7, 11) is 3.55. The average molecular weight is 361 g/mol. The third kappa shape index (κ3) is 4.89. The van der Waals surface area contributed by atoms with E-state index in [-0.39, 0.29) is 0 Å². The second-order valence-corrected chi connectivity index (χ2v) is 6.97. The second kappa shape index (κ2) is 9.78. The van der Waals surface area contributed by atoms with Gasteiger partial charge in [0.15, 0.2) is 5.96 Å². The van der Waals surface area contributed by atoms with Crippen LogP contribution in [0.1, 0.15) is 24.8 Å². The molecule has 0 aliphatic carbocycles. The number of para-hydroxylation sites is 1. The molecule has 1 atom stereocenters. The van der Waals surface area contributed by atoms with Gasteiger partial charge in [0.05, 0.1) is 20.3 Å². The van der Waals surface area contributed by atoms with Crippen LogP contribution >= 0.6 is 0 Å². The molecular weight excluding hydrogens is 328 g/mol. The van der Waals surface area contributed by atoms with Gasteiger partial charge in [0.25, 0.3) is 0 Å². The first kappa shape index (κ1) is 19.0. The third-order valence-electron chi connectivity index (χ3n) is 5.31. The van der Waals surface area contributed by atoms with E-state index in [1.807, 2.05) is 31.3 Å². The number of nitrogens with one attached hydrogen (secondary N) is 1. The molecule has 0 aromatic heterocycles. The molecule has 2 aliphatic rings. The lowest BCUT2D eigenvalue weighted by molar-refractivity contribution is 0.123. The quantitative estimate of drug-likeness (QED) is 0.458. The van der Waals surface area contributed by atoms with Crippen molar-refractivity contribution >= 4 is 5.96 Å². The number of likely N-dealkylation sites (tertiary alicyclic amines) is 2. The topological polar surface area (TPSA) is 49.3 Å². The zero-order valence-corrected chi connectivity index (χ0v) is 16.1. The molecule has 0 bridgehead atoms. The summed E-state index contributed by atoms with van der Waals surface area (Å²) in [5, 5.41) is 3.44. The summed E-state index contributed by atoms with van der Waals surface area (Å²) in [4.78, 5) is 9.47. The molecule has 1 aromatic carbocycles. The molecule has 0 radical (unpaired) electrons. The van der Waals surface area contributed by atoms with E-state index in [9.17, 15) is 0 Å². The van der Waals surface area contributed by atoms with Gasteiger partial charge in [-0.2, -0.15) is 0 Å². The molecule has 1 N–H and O–H groups in total. The fraction of sp³-hybridized carbons (Fsp3) is 0.650. The van der Waals surface area contributed by atoms with Gasteiger partial charge in [-0.15, -0.1) is 0 Å². The van der Waals surface area contributed by atoms with E-state index in [2.05, 4.69) is 20.1 Å². The first-order valence-electron chi connectivity index (χ1n) is 9.71. The van der Waals surface area contributed by atoms with Gasteiger partial charge in [-0.25, -0.2) is 0 Å². The monoisotopic (exact) mass is 360 g/mol. The summed E-state index contributed by atoms with van der Waals surface area (Å²) in [5.41, 5.74) is 1.08. The van der Waals surface area contributed by atoms with E-state index in [0.717, 1.165) is 36.9 Å². The van der Waals surface area contributed by atoms with E-state index in [1.165, 1.54) is 32.4 Å². The number of methoxy groups -OCH3 is 1. The fourth-order valence-electron chi connectivity index (χ4n) is 3.91. The van der Waals surface area contributed by atoms with E-state index < -0.39 is 0 Å². The molecule has 0 spiro atoms. The summed E-state index contributed by atoms with van der Waals surface area (Å²) in [6.07, 6.45) is 3.95. The van der Waals surface area contributed by atoms with Crippen molar-refractivity contribution in [1.29, 1.82) is 0 Å². The van der Waals surface area contributed by atoms with Crippen LogP contribution in [0.2, 0.25) is 0 Å². The van der Waals surface area contributed by atoms with Crippen molar-refractivity contribution in [2.24, 2.45) is 4.99 Å². The van der Waals surface area contributed by atoms with Crippen molar-refractivity contribution < 1.29 is 9.47 Å². The molecule has 26 heavy (non-hydrogen) atoms. The maximum Gasteiger partial charge on any atom is 0.193 e. The van der Waals surface area contributed by atoms with Gasteiger partial charge >= 0.3 is 0 Å². The predicted octanol–water partition coefficient (Wildman–Crippen LogP) is 1.96. The van der Waals surface area contributed by atoms with Crippen LogP contribution in [0, 0.1) is 0 Å². The molecule has 2 aliphatic heterocycles. The van der Waals surface area contributed by atoms with Crippen molar-refractivity contribution in [1.82, 2.24) is 15.1 Å². The summed E-state index contributed by atoms with van der Waals surface area (Å²) < 4.78 is 11.2. The first-order chi connectivity index (χ1) is 12.8. The Balaban J connectivity index is 1.37. The number of guanidine groups is 1. The highest BCUT2D eigenvalue weighted by Crippen LogP contribution is 2.20. The van der Waals surface area contributed by atoms with Crippen LogP contribution in [-0.2, 0) is 11.3 Å². The zero-order valence-electron chi connectivity index (χ0n) is 16.1. The molecule has 6 heteroatoms. The molecule has 144 valence electrons. The highest BCUT2D eigenvalue weighted by molar-refractivity contribution is 5.80. The number of hydrogen-bond acceptors (Lipinski definition) is 4. The summed E-state index contributed by atoms with van der Waals surface area (Å²) >= 11 is 0. The maximum absolute atomic E-state index is 5.80. The smallest absolute Gasteiger partial charge is 0.193 e. The average Bonchev–Trinajstić information content (AvgIpc) is 3.36. The molecule has 2 fully saturated rings. The number of nitrogens with zero attached hydrogens (tertiary/aromatic N) is 3. The predicted molar refractivity (Wildman–Crippen MR) is 105 cm³/mol. The SMILES string of the molecule is CN=C(NCCOCc1ccccc1OC)N1CCC(N2CCCC2)C1. The lowest BCUT2D eigenvalue weighted by Crippen LogP contribution is -2.43. The van der Waals surface area contributed by atoms with Crippen molar-refractivity contribution in [3.63, 3.8) is 0 Å². The van der Waals surface area contributed by atoms with Crippen molar-refractivity contribution in [2.45, 2.75) is 31.9 Å². The third-order valence-corrected chi connectivity index (χ3v) is 5.31. The lowest BCUT2D eigenvalue weighted by atomic mass is 10.2. The van der Waals surface area contributed by atoms with Gasteiger partial charge in [0.1, 0.15) is 5.75 Å². The highest BCUT2D eigenvalue weighted by atomic mass is 16.5. The van der Waals surface area contributed by atoms with Crippen LogP contribution < -0.4 is 10.1 Å². The van der Waals surface area contributed by atoms with Crippen LogP contribution in [0.5, 0.6) is 5.75 Å². The van der Waals surface area contributed by atoms with Crippen LogP contribution in [0.3, 0.4) is 0 Å². The Bertz CT molecular complexity index is 587. The van der Waals surface area contributed by atoms with Crippen LogP contribution in [0.15, 0.2) is 29.3 Å². The summed E-state index contributed by atoms with van der Waals surface area (Å²) in [6.45, 7) is 6.66. The largest absolute Gasteiger partial charge is 0.496 e. The van der Waals surface area contributed by atoms with Gasteiger partial charge in [0, 0.05) is 38.3 Å². The summed E-state index contributed by atoms with van der Waals surface area (Å²) in [6, 6.07) is 8.67. The summed E-state index contributed by atoms with van der Waals surface area (Å²) in [5.74, 6) is 1.87. The zero-order chi connectivity index (χ0) is 18.2. The number of ether oxygens (including phenoxy) is 2. The van der Waals surface area contributed by atoms with E-state index in [1.54, 1.807) is 7.11 Å². The van der Waals surface area contributed by atoms with E-state index in [0.29, 0.717) is 19.3 Å². The molecule has 3 rings (SSSR count).